The van der Waals surface area contributed by atoms with Gasteiger partial charge in [-0.3, -0.25) is 4.79 Å². The quantitative estimate of drug-likeness (QED) is 0.103. The SMILES string of the molecule is CCN(CC)c1ccc2c(-c3ccc(S(=O)(=O)NC(Cc4ccccc4)C(=O)NC)cc3S(=O)(=O)[O-])c3ccc(=[N+](CC)CC)cc-3oc2c1. The summed E-state index contributed by atoms with van der Waals surface area (Å²) < 4.78 is 77.3. The normalized spacial score (nSPS) is 12.6. The van der Waals surface area contributed by atoms with Gasteiger partial charge in [-0.2, -0.15) is 4.72 Å². The van der Waals surface area contributed by atoms with Crippen molar-refractivity contribution >= 4 is 42.7 Å². The third-order valence-electron chi connectivity index (χ3n) is 8.89. The molecule has 0 saturated heterocycles. The number of hydrogen-bond acceptors (Lipinski definition) is 8. The number of nitrogens with zero attached hydrogens (tertiary/aromatic N) is 2. The van der Waals surface area contributed by atoms with E-state index in [9.17, 15) is 26.2 Å². The first-order valence-corrected chi connectivity index (χ1v) is 19.5. The lowest BCUT2D eigenvalue weighted by Gasteiger charge is -2.23. The topological polar surface area (TPSA) is 152 Å². The van der Waals surface area contributed by atoms with E-state index in [4.69, 9.17) is 4.42 Å². The molecule has 2 aliphatic rings. The molecule has 1 unspecified atom stereocenters. The van der Waals surface area contributed by atoms with Crippen molar-refractivity contribution in [2.24, 2.45) is 0 Å². The van der Waals surface area contributed by atoms with Gasteiger partial charge in [0.05, 0.1) is 15.9 Å². The van der Waals surface area contributed by atoms with Gasteiger partial charge in [-0.1, -0.05) is 36.4 Å². The molecule has 0 radical (unpaired) electrons. The number of hydrogen-bond donors (Lipinski definition) is 2. The Bertz CT molecular complexity index is 2280. The molecule has 5 rings (SSSR count). The molecular formula is C37H42N4O7S2. The number of nitrogens with one attached hydrogen (secondary N) is 2. The number of amides is 1. The third-order valence-corrected chi connectivity index (χ3v) is 11.2. The molecule has 11 nitrogen and oxygen atoms in total. The molecule has 2 N–H and O–H groups in total. The van der Waals surface area contributed by atoms with Crippen LogP contribution in [-0.2, 0) is 31.4 Å². The fraction of sp³-hybridized carbons (Fsp3) is 0.297. The maximum atomic E-state index is 13.7. The Labute approximate surface area is 293 Å². The van der Waals surface area contributed by atoms with Crippen LogP contribution in [0.3, 0.4) is 0 Å². The number of anilines is 1. The Morgan fingerprint density at radius 1 is 0.860 bits per heavy atom. The van der Waals surface area contributed by atoms with Crippen LogP contribution in [0.1, 0.15) is 33.3 Å². The molecule has 1 heterocycles. The second-order valence-corrected chi connectivity index (χ2v) is 14.8. The van der Waals surface area contributed by atoms with Gasteiger partial charge in [0, 0.05) is 60.0 Å². The molecule has 13 heteroatoms. The van der Waals surface area contributed by atoms with Crippen molar-refractivity contribution in [2.45, 2.75) is 49.9 Å². The van der Waals surface area contributed by atoms with Gasteiger partial charge < -0.3 is 19.2 Å². The summed E-state index contributed by atoms with van der Waals surface area (Å²) in [6.07, 6.45) is 0.0426. The van der Waals surface area contributed by atoms with Gasteiger partial charge in [0.1, 0.15) is 40.6 Å². The van der Waals surface area contributed by atoms with E-state index in [1.54, 1.807) is 30.3 Å². The monoisotopic (exact) mass is 718 g/mol. The molecule has 1 aliphatic carbocycles. The van der Waals surface area contributed by atoms with Gasteiger partial charge in [-0.15, -0.1) is 0 Å². The Kier molecular flexibility index (Phi) is 11.1. The molecule has 0 fully saturated rings. The van der Waals surface area contributed by atoms with Crippen molar-refractivity contribution in [2.75, 3.05) is 38.1 Å². The van der Waals surface area contributed by atoms with E-state index < -0.39 is 41.9 Å². The molecule has 1 aliphatic heterocycles. The van der Waals surface area contributed by atoms with Crippen molar-refractivity contribution in [1.29, 1.82) is 0 Å². The van der Waals surface area contributed by atoms with Crippen molar-refractivity contribution in [3.63, 3.8) is 0 Å². The van der Waals surface area contributed by atoms with E-state index >= 15 is 0 Å². The predicted molar refractivity (Wildman–Crippen MR) is 194 cm³/mol. The van der Waals surface area contributed by atoms with Crippen LogP contribution in [0.25, 0.3) is 33.4 Å². The van der Waals surface area contributed by atoms with Crippen LogP contribution in [0.4, 0.5) is 5.69 Å². The first kappa shape index (κ1) is 36.7. The van der Waals surface area contributed by atoms with Crippen LogP contribution in [0.15, 0.2) is 99.1 Å². The lowest BCUT2D eigenvalue weighted by molar-refractivity contribution is -0.122. The van der Waals surface area contributed by atoms with Crippen LogP contribution in [0, 0.1) is 0 Å². The molecule has 1 atom stereocenters. The molecule has 3 aromatic carbocycles. The summed E-state index contributed by atoms with van der Waals surface area (Å²) in [4.78, 5) is 13.7. The van der Waals surface area contributed by atoms with Crippen molar-refractivity contribution in [3.8, 4) is 22.5 Å². The zero-order chi connectivity index (χ0) is 36.2. The van der Waals surface area contributed by atoms with Gasteiger partial charge in [-0.25, -0.2) is 21.4 Å². The van der Waals surface area contributed by atoms with E-state index in [1.807, 2.05) is 64.1 Å². The molecule has 1 amide bonds. The molecule has 0 bridgehead atoms. The fourth-order valence-electron chi connectivity index (χ4n) is 6.28. The summed E-state index contributed by atoms with van der Waals surface area (Å²) >= 11 is 0. The van der Waals surface area contributed by atoms with Crippen LogP contribution in [0.2, 0.25) is 0 Å². The zero-order valence-corrected chi connectivity index (χ0v) is 30.4. The largest absolute Gasteiger partial charge is 0.744 e. The minimum Gasteiger partial charge on any atom is -0.744 e. The second kappa shape index (κ2) is 15.1. The van der Waals surface area contributed by atoms with Crippen LogP contribution >= 0.6 is 0 Å². The highest BCUT2D eigenvalue weighted by Gasteiger charge is 2.28. The van der Waals surface area contributed by atoms with Gasteiger partial charge in [0.25, 0.3) is 0 Å². The number of sulfonamides is 1. The number of carbonyl (C=O) groups is 1. The third kappa shape index (κ3) is 7.60. The summed E-state index contributed by atoms with van der Waals surface area (Å²) in [6.45, 7) is 11.2. The highest BCUT2D eigenvalue weighted by atomic mass is 32.2. The molecule has 3 aromatic rings. The van der Waals surface area contributed by atoms with Crippen molar-refractivity contribution in [1.82, 2.24) is 14.6 Å². The standard InChI is InChI=1S/C37H42N4O7S2/c1-6-40(7-2)26-15-18-29-33(22-26)48-34-23-27(41(8-3)9-4)16-19-30(34)36(29)31-20-17-28(24-35(31)50(45,46)47)49(43,44)39-32(37(42)38-5)21-25-13-11-10-12-14-25/h10-20,22-24,32,39H,6-9,21H2,1-5H3,(H-,38,42,45,46,47). The van der Waals surface area contributed by atoms with Crippen molar-refractivity contribution in [3.05, 3.63) is 95.8 Å². The van der Waals surface area contributed by atoms with E-state index in [1.165, 1.54) is 19.2 Å². The lowest BCUT2D eigenvalue weighted by Crippen LogP contribution is -2.46. The highest BCUT2D eigenvalue weighted by Crippen LogP contribution is 2.43. The number of rotatable bonds is 13. The molecule has 0 saturated carbocycles. The summed E-state index contributed by atoms with van der Waals surface area (Å²) in [7, 11) is -8.32. The van der Waals surface area contributed by atoms with Crippen LogP contribution < -0.4 is 24.9 Å². The fourth-order valence-corrected chi connectivity index (χ4v) is 8.29. The molecular weight excluding hydrogens is 677 g/mol. The van der Waals surface area contributed by atoms with Gasteiger partial charge in [-0.05, 0) is 70.0 Å². The molecule has 0 spiro atoms. The van der Waals surface area contributed by atoms with E-state index in [2.05, 4.69) is 19.5 Å². The van der Waals surface area contributed by atoms with E-state index in [0.29, 0.717) is 33.4 Å². The summed E-state index contributed by atoms with van der Waals surface area (Å²) in [5.41, 5.74) is 3.08. The highest BCUT2D eigenvalue weighted by molar-refractivity contribution is 7.89. The second-order valence-electron chi connectivity index (χ2n) is 11.8. The Hall–Kier alpha value is -4.56. The molecule has 50 heavy (non-hydrogen) atoms. The summed E-state index contributed by atoms with van der Waals surface area (Å²) in [5.74, 6) is -0.111. The van der Waals surface area contributed by atoms with E-state index in [0.717, 1.165) is 43.3 Å². The van der Waals surface area contributed by atoms with Crippen molar-refractivity contribution < 1.29 is 30.6 Å². The zero-order valence-electron chi connectivity index (χ0n) is 28.8. The van der Waals surface area contributed by atoms with E-state index in [-0.39, 0.29) is 12.0 Å². The molecule has 0 aromatic heterocycles. The first-order chi connectivity index (χ1) is 23.8. The summed E-state index contributed by atoms with van der Waals surface area (Å²) in [5, 5.41) is 3.92. The van der Waals surface area contributed by atoms with Crippen LogP contribution in [0.5, 0.6) is 0 Å². The number of carbonyl (C=O) groups excluding carboxylic acids is 1. The minimum atomic E-state index is -5.23. The average molecular weight is 719 g/mol. The Morgan fingerprint density at radius 3 is 2.16 bits per heavy atom. The lowest BCUT2D eigenvalue weighted by atomic mass is 9.93. The number of likely N-dealkylation sites (N-methyl/N-ethyl adjacent to an activating group) is 1. The maximum absolute atomic E-state index is 13.7. The first-order valence-electron chi connectivity index (χ1n) is 16.6. The maximum Gasteiger partial charge on any atom is 0.241 e. The predicted octanol–water partition coefficient (Wildman–Crippen LogP) is 4.40. The smallest absolute Gasteiger partial charge is 0.241 e. The van der Waals surface area contributed by atoms with Gasteiger partial charge >= 0.3 is 0 Å². The number of fused-ring (bicyclic) bond motifs is 2. The van der Waals surface area contributed by atoms with Gasteiger partial charge in [0.2, 0.25) is 21.3 Å². The minimum absolute atomic E-state index is 0.0306. The summed E-state index contributed by atoms with van der Waals surface area (Å²) in [6, 6.07) is 22.3. The average Bonchev–Trinajstić information content (AvgIpc) is 3.10. The number of benzene rings is 4. The van der Waals surface area contributed by atoms with Gasteiger partial charge in [0.15, 0.2) is 0 Å². The Balaban J connectivity index is 1.74. The molecule has 264 valence electrons. The van der Waals surface area contributed by atoms with Crippen LogP contribution in [-0.4, -0.2) is 66.6 Å². The Morgan fingerprint density at radius 2 is 1.54 bits per heavy atom.